The number of hydrogen-bond acceptors (Lipinski definition) is 6. The zero-order valence-electron chi connectivity index (χ0n) is 15.6. The number of aromatic nitrogens is 4. The molecule has 0 aliphatic carbocycles. The SMILES string of the molecule is C=CCn1nnnc1NCc1ccc(OCc2cccc(Cl)c2)c(OCC)c1. The molecule has 3 rings (SSSR count). The number of nitrogens with zero attached hydrogens (tertiary/aromatic N) is 4. The van der Waals surface area contributed by atoms with Gasteiger partial charge in [-0.2, -0.15) is 0 Å². The molecule has 0 fully saturated rings. The van der Waals surface area contributed by atoms with Crippen LogP contribution in [0.1, 0.15) is 18.1 Å². The maximum absolute atomic E-state index is 6.03. The number of anilines is 1. The van der Waals surface area contributed by atoms with E-state index in [1.54, 1.807) is 10.8 Å². The number of halogens is 1. The molecule has 0 unspecified atom stereocenters. The summed E-state index contributed by atoms with van der Waals surface area (Å²) < 4.78 is 13.3. The summed E-state index contributed by atoms with van der Waals surface area (Å²) in [4.78, 5) is 0. The molecule has 1 heterocycles. The molecule has 28 heavy (non-hydrogen) atoms. The number of benzene rings is 2. The fraction of sp³-hybridized carbons (Fsp3) is 0.250. The highest BCUT2D eigenvalue weighted by Gasteiger charge is 2.09. The first-order valence-electron chi connectivity index (χ1n) is 8.93. The first-order valence-corrected chi connectivity index (χ1v) is 9.31. The van der Waals surface area contributed by atoms with Crippen LogP contribution in [0.25, 0.3) is 0 Å². The third kappa shape index (κ3) is 5.23. The average Bonchev–Trinajstić information content (AvgIpc) is 3.13. The van der Waals surface area contributed by atoms with Crippen LogP contribution in [-0.2, 0) is 19.7 Å². The molecule has 0 aliphatic rings. The number of rotatable bonds is 10. The van der Waals surface area contributed by atoms with Crippen LogP contribution in [0.4, 0.5) is 5.95 Å². The number of nitrogens with one attached hydrogen (secondary N) is 1. The maximum atomic E-state index is 6.03. The van der Waals surface area contributed by atoms with Crippen molar-refractivity contribution in [1.82, 2.24) is 20.2 Å². The van der Waals surface area contributed by atoms with E-state index in [0.29, 0.717) is 48.8 Å². The van der Waals surface area contributed by atoms with E-state index in [1.165, 1.54) is 0 Å². The topological polar surface area (TPSA) is 74.1 Å². The summed E-state index contributed by atoms with van der Waals surface area (Å²) in [5.74, 6) is 1.95. The second kappa shape index (κ2) is 9.75. The molecule has 0 saturated heterocycles. The van der Waals surface area contributed by atoms with Gasteiger partial charge in [0.15, 0.2) is 11.5 Å². The van der Waals surface area contributed by atoms with Gasteiger partial charge in [0.05, 0.1) is 13.2 Å². The predicted molar refractivity (Wildman–Crippen MR) is 109 cm³/mol. The van der Waals surface area contributed by atoms with Crippen molar-refractivity contribution in [3.63, 3.8) is 0 Å². The highest BCUT2D eigenvalue weighted by molar-refractivity contribution is 6.30. The van der Waals surface area contributed by atoms with E-state index in [4.69, 9.17) is 21.1 Å². The molecule has 1 N–H and O–H groups in total. The Morgan fingerprint density at radius 3 is 2.82 bits per heavy atom. The van der Waals surface area contributed by atoms with Crippen LogP contribution >= 0.6 is 11.6 Å². The number of hydrogen-bond donors (Lipinski definition) is 1. The quantitative estimate of drug-likeness (QED) is 0.517. The summed E-state index contributed by atoms with van der Waals surface area (Å²) >= 11 is 6.03. The van der Waals surface area contributed by atoms with Crippen LogP contribution in [0.2, 0.25) is 5.02 Å². The number of tetrazole rings is 1. The standard InChI is InChI=1S/C20H22ClN5O2/c1-3-10-26-20(23-24-25-26)22-13-15-8-9-18(19(12-15)27-4-2)28-14-16-6-5-7-17(21)11-16/h3,5-9,11-12H,1,4,10,13-14H2,2H3,(H,22,23,25). The zero-order chi connectivity index (χ0) is 19.8. The third-order valence-corrected chi connectivity index (χ3v) is 4.11. The van der Waals surface area contributed by atoms with Gasteiger partial charge in [-0.05, 0) is 52.7 Å². The summed E-state index contributed by atoms with van der Waals surface area (Å²) in [5.41, 5.74) is 2.02. The average molecular weight is 400 g/mol. The molecule has 146 valence electrons. The fourth-order valence-corrected chi connectivity index (χ4v) is 2.81. The van der Waals surface area contributed by atoms with Crippen LogP contribution in [0.15, 0.2) is 55.1 Å². The molecule has 0 amide bonds. The summed E-state index contributed by atoms with van der Waals surface area (Å²) in [7, 11) is 0. The van der Waals surface area contributed by atoms with Gasteiger partial charge in [0.1, 0.15) is 6.61 Å². The second-order valence-electron chi connectivity index (χ2n) is 5.96. The Morgan fingerprint density at radius 2 is 2.04 bits per heavy atom. The van der Waals surface area contributed by atoms with Gasteiger partial charge in [-0.15, -0.1) is 6.58 Å². The Hall–Kier alpha value is -3.06. The lowest BCUT2D eigenvalue weighted by molar-refractivity contribution is 0.269. The Morgan fingerprint density at radius 1 is 1.14 bits per heavy atom. The van der Waals surface area contributed by atoms with Crippen LogP contribution in [0.5, 0.6) is 11.5 Å². The van der Waals surface area contributed by atoms with E-state index in [2.05, 4.69) is 27.4 Å². The first kappa shape index (κ1) is 19.7. The minimum absolute atomic E-state index is 0.411. The van der Waals surface area contributed by atoms with E-state index >= 15 is 0 Å². The van der Waals surface area contributed by atoms with Crippen molar-refractivity contribution >= 4 is 17.5 Å². The summed E-state index contributed by atoms with van der Waals surface area (Å²) in [6, 6.07) is 13.4. The molecule has 0 bridgehead atoms. The lowest BCUT2D eigenvalue weighted by Gasteiger charge is -2.14. The van der Waals surface area contributed by atoms with E-state index in [1.807, 2.05) is 49.4 Å². The molecule has 8 heteroatoms. The normalized spacial score (nSPS) is 10.5. The van der Waals surface area contributed by atoms with Gasteiger partial charge in [-0.25, -0.2) is 4.68 Å². The highest BCUT2D eigenvalue weighted by atomic mass is 35.5. The van der Waals surface area contributed by atoms with Crippen molar-refractivity contribution in [2.45, 2.75) is 26.6 Å². The molecule has 0 spiro atoms. The molecule has 0 atom stereocenters. The summed E-state index contributed by atoms with van der Waals surface area (Å²) in [6.45, 7) is 7.68. The van der Waals surface area contributed by atoms with Crippen molar-refractivity contribution < 1.29 is 9.47 Å². The molecular weight excluding hydrogens is 378 g/mol. The first-order chi connectivity index (χ1) is 13.7. The summed E-state index contributed by atoms with van der Waals surface area (Å²) in [6.07, 6.45) is 1.74. The minimum Gasteiger partial charge on any atom is -0.490 e. The monoisotopic (exact) mass is 399 g/mol. The minimum atomic E-state index is 0.411. The van der Waals surface area contributed by atoms with Crippen molar-refractivity contribution in [2.24, 2.45) is 0 Å². The Labute approximate surface area is 168 Å². The van der Waals surface area contributed by atoms with E-state index < -0.39 is 0 Å². The van der Waals surface area contributed by atoms with Crippen molar-refractivity contribution in [3.8, 4) is 11.5 Å². The Bertz CT molecular complexity index is 928. The number of ether oxygens (including phenoxy) is 2. The molecule has 7 nitrogen and oxygen atoms in total. The van der Waals surface area contributed by atoms with Crippen LogP contribution in [0.3, 0.4) is 0 Å². The van der Waals surface area contributed by atoms with Crippen LogP contribution in [-0.4, -0.2) is 26.8 Å². The van der Waals surface area contributed by atoms with Gasteiger partial charge >= 0.3 is 0 Å². The van der Waals surface area contributed by atoms with Crippen LogP contribution in [0, 0.1) is 0 Å². The van der Waals surface area contributed by atoms with Gasteiger partial charge in [0.25, 0.3) is 0 Å². The molecule has 0 aliphatic heterocycles. The lowest BCUT2D eigenvalue weighted by atomic mass is 10.2. The third-order valence-electron chi connectivity index (χ3n) is 3.88. The second-order valence-corrected chi connectivity index (χ2v) is 6.40. The van der Waals surface area contributed by atoms with Crippen LogP contribution < -0.4 is 14.8 Å². The molecule has 1 aromatic heterocycles. The van der Waals surface area contributed by atoms with Gasteiger partial charge in [-0.3, -0.25) is 0 Å². The summed E-state index contributed by atoms with van der Waals surface area (Å²) in [5, 5.41) is 15.5. The molecule has 2 aromatic carbocycles. The molecule has 3 aromatic rings. The largest absolute Gasteiger partial charge is 0.490 e. The van der Waals surface area contributed by atoms with Gasteiger partial charge in [0, 0.05) is 11.6 Å². The molecule has 0 saturated carbocycles. The van der Waals surface area contributed by atoms with Crippen molar-refractivity contribution in [2.75, 3.05) is 11.9 Å². The predicted octanol–water partition coefficient (Wildman–Crippen LogP) is 4.10. The highest BCUT2D eigenvalue weighted by Crippen LogP contribution is 2.29. The maximum Gasteiger partial charge on any atom is 0.243 e. The fourth-order valence-electron chi connectivity index (χ4n) is 2.60. The molecule has 0 radical (unpaired) electrons. The number of allylic oxidation sites excluding steroid dienone is 1. The Balaban J connectivity index is 1.67. The smallest absolute Gasteiger partial charge is 0.243 e. The van der Waals surface area contributed by atoms with Crippen molar-refractivity contribution in [1.29, 1.82) is 0 Å². The van der Waals surface area contributed by atoms with Gasteiger partial charge in [-0.1, -0.05) is 41.0 Å². The Kier molecular flexibility index (Phi) is 6.86. The van der Waals surface area contributed by atoms with E-state index in [-0.39, 0.29) is 0 Å². The van der Waals surface area contributed by atoms with E-state index in [9.17, 15) is 0 Å². The van der Waals surface area contributed by atoms with E-state index in [0.717, 1.165) is 11.1 Å². The molecular formula is C20H22ClN5O2. The zero-order valence-corrected chi connectivity index (χ0v) is 16.4. The van der Waals surface area contributed by atoms with Gasteiger partial charge in [0.2, 0.25) is 5.95 Å². The van der Waals surface area contributed by atoms with Gasteiger partial charge < -0.3 is 14.8 Å². The lowest BCUT2D eigenvalue weighted by Crippen LogP contribution is -2.08. The van der Waals surface area contributed by atoms with Crippen molar-refractivity contribution in [3.05, 3.63) is 71.3 Å².